The van der Waals surface area contributed by atoms with Gasteiger partial charge in [-0.25, -0.2) is 9.59 Å². The summed E-state index contributed by atoms with van der Waals surface area (Å²) in [6, 6.07) is 0. The van der Waals surface area contributed by atoms with Crippen LogP contribution in [0.2, 0.25) is 0 Å². The van der Waals surface area contributed by atoms with Gasteiger partial charge in [-0.15, -0.1) is 0 Å². The molecule has 0 atom stereocenters. The molecule has 0 aromatic heterocycles. The Bertz CT molecular complexity index is 237. The topological polar surface area (TPSA) is 104 Å². The molecular weight excluding hydrogens is 241 g/mol. The van der Waals surface area contributed by atoms with Crippen molar-refractivity contribution in [3.05, 3.63) is 0 Å². The van der Waals surface area contributed by atoms with E-state index in [0.29, 0.717) is 0 Å². The molecule has 8 heteroatoms. The molecule has 0 amide bonds. The van der Waals surface area contributed by atoms with E-state index in [1.54, 1.807) is 0 Å². The van der Waals surface area contributed by atoms with Gasteiger partial charge < -0.3 is 24.3 Å². The number of carbonyl (C=O) groups excluding carboxylic acids is 1. The van der Waals surface area contributed by atoms with E-state index in [4.69, 9.17) is 15.2 Å². The number of quaternary nitrogens is 1. The van der Waals surface area contributed by atoms with E-state index in [0.717, 1.165) is 0 Å². The third-order valence-electron chi connectivity index (χ3n) is 3.07. The van der Waals surface area contributed by atoms with Crippen LogP contribution in [0.1, 0.15) is 27.7 Å². The maximum Gasteiger partial charge on any atom is 0.709 e. The molecule has 0 rings (SSSR count). The molecule has 0 unspecified atom stereocenters. The van der Waals surface area contributed by atoms with E-state index in [1.807, 2.05) is 0 Å². The van der Waals surface area contributed by atoms with Crippen molar-refractivity contribution in [1.29, 1.82) is 0 Å². The maximum atomic E-state index is 9.81. The minimum absolute atomic E-state index is 1.28. The van der Waals surface area contributed by atoms with Crippen LogP contribution < -0.4 is 0 Å². The van der Waals surface area contributed by atoms with Crippen molar-refractivity contribution >= 4 is 19.3 Å². The monoisotopic (exact) mass is 264 g/mol. The summed E-state index contributed by atoms with van der Waals surface area (Å²) in [7, 11) is -2.37. The highest BCUT2D eigenvalue weighted by atomic mass is 16.7. The van der Waals surface area contributed by atoms with Crippen molar-refractivity contribution in [1.82, 2.24) is 0 Å². The quantitative estimate of drug-likeness (QED) is 0.350. The second kappa shape index (κ2) is 9.87. The van der Waals surface area contributed by atoms with Crippen molar-refractivity contribution < 1.29 is 33.9 Å². The molecule has 0 aliphatic carbocycles. The van der Waals surface area contributed by atoms with Crippen LogP contribution in [0.4, 0.5) is 0 Å². The Balaban J connectivity index is 0. The number of carbonyl (C=O) groups is 2. The summed E-state index contributed by atoms with van der Waals surface area (Å²) in [6.07, 6.45) is 0. The molecule has 0 aromatic rings. The van der Waals surface area contributed by atoms with Crippen molar-refractivity contribution in [3.8, 4) is 0 Å². The van der Waals surface area contributed by atoms with E-state index >= 15 is 0 Å². The fraction of sp³-hybridized carbons (Fsp3) is 0.800. The van der Waals surface area contributed by atoms with Crippen LogP contribution in [-0.2, 0) is 14.2 Å². The third kappa shape index (κ3) is 8.05. The first-order chi connectivity index (χ1) is 8.28. The van der Waals surface area contributed by atoms with Crippen molar-refractivity contribution in [2.75, 3.05) is 26.2 Å². The summed E-state index contributed by atoms with van der Waals surface area (Å²) >= 11 is 0. The summed E-state index contributed by atoms with van der Waals surface area (Å²) in [5.74, 6) is -3.58. The lowest BCUT2D eigenvalue weighted by Gasteiger charge is -2.34. The molecule has 0 heterocycles. The number of nitrogens with zero attached hydrogens (tertiary/aromatic N) is 1. The smallest absolute Gasteiger partial charge is 0.476 e. The van der Waals surface area contributed by atoms with Gasteiger partial charge in [0.2, 0.25) is 0 Å². The fourth-order valence-corrected chi connectivity index (χ4v) is 1.49. The molecule has 0 aliphatic rings. The Hall–Kier alpha value is -1.12. The highest BCUT2D eigenvalue weighted by Crippen LogP contribution is 2.03. The molecular formula is C10H23BNO6+. The van der Waals surface area contributed by atoms with Crippen LogP contribution in [0.15, 0.2) is 0 Å². The summed E-state index contributed by atoms with van der Waals surface area (Å²) in [4.78, 5) is 19.3. The SMILES string of the molecule is CC[N+](CC)(CC)CC.O=C(O)C(=O)OB(O)O. The molecule has 7 nitrogen and oxygen atoms in total. The molecule has 0 saturated heterocycles. The minimum Gasteiger partial charge on any atom is -0.476 e. The third-order valence-corrected chi connectivity index (χ3v) is 3.07. The van der Waals surface area contributed by atoms with Gasteiger partial charge in [-0.05, 0) is 27.7 Å². The van der Waals surface area contributed by atoms with E-state index in [1.165, 1.54) is 30.7 Å². The number of hydrogen-bond acceptors (Lipinski definition) is 5. The van der Waals surface area contributed by atoms with E-state index in [2.05, 4.69) is 32.3 Å². The summed E-state index contributed by atoms with van der Waals surface area (Å²) in [6.45, 7) is 14.2. The molecule has 0 spiro atoms. The zero-order valence-electron chi connectivity index (χ0n) is 11.4. The number of aliphatic carboxylic acids is 1. The zero-order chi connectivity index (χ0) is 14.8. The van der Waals surface area contributed by atoms with Gasteiger partial charge in [-0.3, -0.25) is 0 Å². The Labute approximate surface area is 108 Å². The van der Waals surface area contributed by atoms with Gasteiger partial charge in [-0.1, -0.05) is 0 Å². The second-order valence-electron chi connectivity index (χ2n) is 3.64. The van der Waals surface area contributed by atoms with Gasteiger partial charge in [0.05, 0.1) is 26.2 Å². The van der Waals surface area contributed by atoms with Gasteiger partial charge in [0.15, 0.2) is 0 Å². The lowest BCUT2D eigenvalue weighted by atomic mass is 10.3. The van der Waals surface area contributed by atoms with Crippen molar-refractivity contribution in [3.63, 3.8) is 0 Å². The minimum atomic E-state index is -2.37. The van der Waals surface area contributed by atoms with E-state index in [9.17, 15) is 9.59 Å². The van der Waals surface area contributed by atoms with E-state index < -0.39 is 19.3 Å². The number of rotatable bonds is 5. The second-order valence-corrected chi connectivity index (χ2v) is 3.64. The zero-order valence-corrected chi connectivity index (χ0v) is 11.4. The standard InChI is InChI=1S/C8H20N.C2H3BO6/c1-5-9(6-2,7-3)8-4;4-1(5)2(6)9-3(7)8/h5-8H2,1-4H3;7-8H,(H,4,5)/q+1;. The molecule has 18 heavy (non-hydrogen) atoms. The predicted molar refractivity (Wildman–Crippen MR) is 66.3 cm³/mol. The molecule has 0 radical (unpaired) electrons. The molecule has 0 fully saturated rings. The first-order valence-electron chi connectivity index (χ1n) is 5.93. The van der Waals surface area contributed by atoms with Gasteiger partial charge >= 0.3 is 19.3 Å². The average Bonchev–Trinajstić information content (AvgIpc) is 2.32. The lowest BCUT2D eigenvalue weighted by molar-refractivity contribution is -0.921. The van der Waals surface area contributed by atoms with Gasteiger partial charge in [0.1, 0.15) is 0 Å². The fourth-order valence-electron chi connectivity index (χ4n) is 1.49. The van der Waals surface area contributed by atoms with Crippen LogP contribution in [-0.4, -0.2) is 65.1 Å². The van der Waals surface area contributed by atoms with Gasteiger partial charge in [0, 0.05) is 0 Å². The van der Waals surface area contributed by atoms with Crippen molar-refractivity contribution in [2.24, 2.45) is 0 Å². The molecule has 0 saturated carbocycles. The first kappa shape index (κ1) is 19.2. The van der Waals surface area contributed by atoms with Gasteiger partial charge in [-0.2, -0.15) is 0 Å². The first-order valence-corrected chi connectivity index (χ1v) is 5.93. The maximum absolute atomic E-state index is 9.81. The molecule has 0 bridgehead atoms. The number of carboxylic acids is 1. The largest absolute Gasteiger partial charge is 0.709 e. The molecule has 3 N–H and O–H groups in total. The molecule has 106 valence electrons. The summed E-state index contributed by atoms with van der Waals surface area (Å²) in [5, 5.41) is 23.4. The highest BCUT2D eigenvalue weighted by Gasteiger charge is 2.21. The number of carboxylic acid groups (broad SMARTS) is 1. The highest BCUT2D eigenvalue weighted by molar-refractivity contribution is 6.42. The Morgan fingerprint density at radius 3 is 1.39 bits per heavy atom. The lowest BCUT2D eigenvalue weighted by Crippen LogP contribution is -2.47. The number of hydrogen-bond donors (Lipinski definition) is 3. The normalized spacial score (nSPS) is 10.1. The van der Waals surface area contributed by atoms with E-state index in [-0.39, 0.29) is 0 Å². The van der Waals surface area contributed by atoms with Crippen LogP contribution >= 0.6 is 0 Å². The van der Waals surface area contributed by atoms with Crippen LogP contribution in [0, 0.1) is 0 Å². The molecule has 0 aromatic carbocycles. The van der Waals surface area contributed by atoms with Gasteiger partial charge in [0.25, 0.3) is 0 Å². The molecule has 0 aliphatic heterocycles. The Morgan fingerprint density at radius 2 is 1.33 bits per heavy atom. The van der Waals surface area contributed by atoms with Crippen LogP contribution in [0.25, 0.3) is 0 Å². The Kier molecular flexibility index (Phi) is 10.5. The summed E-state index contributed by atoms with van der Waals surface area (Å²) in [5.41, 5.74) is 0. The predicted octanol–water partition coefficient (Wildman–Crippen LogP) is -0.533. The Morgan fingerprint density at radius 1 is 1.00 bits per heavy atom. The average molecular weight is 264 g/mol. The van der Waals surface area contributed by atoms with Crippen molar-refractivity contribution in [2.45, 2.75) is 27.7 Å². The van der Waals surface area contributed by atoms with Crippen LogP contribution in [0.3, 0.4) is 0 Å². The summed E-state index contributed by atoms with van der Waals surface area (Å²) < 4.78 is 4.66. The van der Waals surface area contributed by atoms with Crippen LogP contribution in [0.5, 0.6) is 0 Å².